The summed E-state index contributed by atoms with van der Waals surface area (Å²) >= 11 is 0. The van der Waals surface area contributed by atoms with Crippen LogP contribution in [0.1, 0.15) is 35.3 Å². The number of aromatic nitrogens is 2. The molecule has 152 valence electrons. The predicted octanol–water partition coefficient (Wildman–Crippen LogP) is 3.72. The lowest BCUT2D eigenvalue weighted by molar-refractivity contribution is -0.125. The number of carbonyl (C=O) groups is 1. The van der Waals surface area contributed by atoms with Crippen molar-refractivity contribution in [3.05, 3.63) is 53.0 Å². The molecule has 1 amide bonds. The number of benzene rings is 1. The monoisotopic (exact) mass is 392 g/mol. The van der Waals surface area contributed by atoms with Gasteiger partial charge in [-0.1, -0.05) is 29.8 Å². The Kier molecular flexibility index (Phi) is 5.51. The van der Waals surface area contributed by atoms with E-state index >= 15 is 0 Å². The largest absolute Gasteiger partial charge is 0.443 e. The number of furan rings is 1. The van der Waals surface area contributed by atoms with E-state index in [1.807, 2.05) is 13.8 Å². The van der Waals surface area contributed by atoms with Crippen LogP contribution in [0.3, 0.4) is 0 Å². The number of hydrogen-bond acceptors (Lipinski definition) is 5. The van der Waals surface area contributed by atoms with Crippen LogP contribution >= 0.6 is 0 Å². The molecule has 0 unspecified atom stereocenters. The van der Waals surface area contributed by atoms with Crippen LogP contribution in [-0.4, -0.2) is 35.5 Å². The van der Waals surface area contributed by atoms with Crippen LogP contribution in [0.25, 0.3) is 11.1 Å². The van der Waals surface area contributed by atoms with Gasteiger partial charge in [-0.15, -0.1) is 0 Å². The van der Waals surface area contributed by atoms with E-state index < -0.39 is 0 Å². The van der Waals surface area contributed by atoms with Crippen LogP contribution in [0, 0.1) is 26.7 Å². The van der Waals surface area contributed by atoms with Gasteiger partial charge in [0, 0.05) is 25.2 Å². The maximum absolute atomic E-state index is 12.8. The van der Waals surface area contributed by atoms with E-state index in [-0.39, 0.29) is 11.8 Å². The smallest absolute Gasteiger partial charge is 0.231 e. The molecule has 1 fully saturated rings. The molecule has 1 aliphatic heterocycles. The fourth-order valence-corrected chi connectivity index (χ4v) is 4.02. The van der Waals surface area contributed by atoms with E-state index in [4.69, 9.17) is 4.42 Å². The maximum atomic E-state index is 12.8. The van der Waals surface area contributed by atoms with Gasteiger partial charge < -0.3 is 14.6 Å². The first kappa shape index (κ1) is 19.4. The Bertz CT molecular complexity index is 1010. The average Bonchev–Trinajstić information content (AvgIpc) is 3.03. The third-order valence-electron chi connectivity index (χ3n) is 5.87. The van der Waals surface area contributed by atoms with Crippen molar-refractivity contribution in [3.8, 4) is 0 Å². The highest BCUT2D eigenvalue weighted by Crippen LogP contribution is 2.32. The van der Waals surface area contributed by atoms with Gasteiger partial charge in [0.25, 0.3) is 0 Å². The maximum Gasteiger partial charge on any atom is 0.231 e. The first-order valence-corrected chi connectivity index (χ1v) is 10.3. The zero-order valence-electron chi connectivity index (χ0n) is 17.4. The molecule has 3 heterocycles. The molecule has 1 aliphatic rings. The van der Waals surface area contributed by atoms with Crippen molar-refractivity contribution in [2.75, 3.05) is 24.5 Å². The Labute approximate surface area is 171 Å². The Morgan fingerprint density at radius 2 is 2.00 bits per heavy atom. The number of amides is 1. The third kappa shape index (κ3) is 4.11. The number of nitrogens with zero attached hydrogens (tertiary/aromatic N) is 3. The quantitative estimate of drug-likeness (QED) is 0.716. The number of rotatable bonds is 5. The summed E-state index contributed by atoms with van der Waals surface area (Å²) in [7, 11) is 0. The summed E-state index contributed by atoms with van der Waals surface area (Å²) < 4.78 is 5.75. The minimum absolute atomic E-state index is 0.0277. The van der Waals surface area contributed by atoms with Gasteiger partial charge in [-0.3, -0.25) is 4.79 Å². The Hall–Kier alpha value is -2.89. The zero-order chi connectivity index (χ0) is 20.4. The second-order valence-corrected chi connectivity index (χ2v) is 7.97. The van der Waals surface area contributed by atoms with E-state index in [2.05, 4.69) is 51.4 Å². The van der Waals surface area contributed by atoms with Crippen molar-refractivity contribution in [1.29, 1.82) is 0 Å². The summed E-state index contributed by atoms with van der Waals surface area (Å²) in [5.41, 5.74) is 4.19. The van der Waals surface area contributed by atoms with Crippen molar-refractivity contribution in [1.82, 2.24) is 15.3 Å². The highest BCUT2D eigenvalue weighted by atomic mass is 16.3. The molecule has 1 saturated heterocycles. The Morgan fingerprint density at radius 1 is 1.21 bits per heavy atom. The van der Waals surface area contributed by atoms with Crippen LogP contribution < -0.4 is 10.2 Å². The van der Waals surface area contributed by atoms with E-state index in [0.717, 1.165) is 48.3 Å². The van der Waals surface area contributed by atoms with Crippen LogP contribution in [0.5, 0.6) is 0 Å². The Balaban J connectivity index is 1.40. The van der Waals surface area contributed by atoms with Gasteiger partial charge in [0.05, 0.1) is 11.3 Å². The minimum Gasteiger partial charge on any atom is -0.443 e. The zero-order valence-corrected chi connectivity index (χ0v) is 17.4. The molecule has 0 aliphatic carbocycles. The van der Waals surface area contributed by atoms with Crippen LogP contribution in [-0.2, 0) is 11.2 Å². The van der Waals surface area contributed by atoms with Crippen LogP contribution in [0.4, 0.5) is 5.82 Å². The number of aryl methyl sites for hydroxylation is 3. The highest BCUT2D eigenvalue weighted by molar-refractivity contribution is 5.90. The summed E-state index contributed by atoms with van der Waals surface area (Å²) in [6.07, 6.45) is 4.27. The lowest BCUT2D eigenvalue weighted by Gasteiger charge is -2.33. The van der Waals surface area contributed by atoms with Crippen molar-refractivity contribution in [2.45, 2.75) is 40.0 Å². The first-order valence-electron chi connectivity index (χ1n) is 10.3. The molecule has 6 heteroatoms. The van der Waals surface area contributed by atoms with Gasteiger partial charge in [-0.2, -0.15) is 0 Å². The molecule has 1 N–H and O–H groups in total. The molecule has 0 bridgehead atoms. The Morgan fingerprint density at radius 3 is 2.79 bits per heavy atom. The van der Waals surface area contributed by atoms with Gasteiger partial charge in [0.1, 0.15) is 17.9 Å². The van der Waals surface area contributed by atoms with Gasteiger partial charge >= 0.3 is 0 Å². The normalized spacial score (nSPS) is 16.9. The highest BCUT2D eigenvalue weighted by Gasteiger charge is 2.28. The summed E-state index contributed by atoms with van der Waals surface area (Å²) in [5.74, 6) is 1.85. The second kappa shape index (κ2) is 8.23. The van der Waals surface area contributed by atoms with Crippen molar-refractivity contribution >= 4 is 22.8 Å². The van der Waals surface area contributed by atoms with Gasteiger partial charge in [0.15, 0.2) is 0 Å². The lowest BCUT2D eigenvalue weighted by atomic mass is 9.96. The number of nitrogens with one attached hydrogen (secondary N) is 1. The molecule has 0 saturated carbocycles. The molecule has 4 rings (SSSR count). The fraction of sp³-hybridized carbons (Fsp3) is 0.435. The summed E-state index contributed by atoms with van der Waals surface area (Å²) in [5, 5.41) is 4.09. The number of fused-ring (bicyclic) bond motifs is 1. The standard InChI is InChI=1S/C23H28N4O2/c1-15-6-8-18(9-7-15)10-11-24-22(28)19-5-4-12-27(13-19)21-20-16(2)17(3)29-23(20)26-14-25-21/h6-9,14,19H,4-5,10-13H2,1-3H3,(H,24,28)/t19-/m1/s1. The van der Waals surface area contributed by atoms with Crippen molar-refractivity contribution in [3.63, 3.8) is 0 Å². The van der Waals surface area contributed by atoms with E-state index in [1.54, 1.807) is 6.33 Å². The molecule has 1 atom stereocenters. The topological polar surface area (TPSA) is 71.3 Å². The molecule has 1 aromatic carbocycles. The summed E-state index contributed by atoms with van der Waals surface area (Å²) in [6, 6.07) is 8.47. The molecular weight excluding hydrogens is 364 g/mol. The molecule has 0 radical (unpaired) electrons. The number of hydrogen-bond donors (Lipinski definition) is 1. The molecule has 2 aromatic heterocycles. The van der Waals surface area contributed by atoms with Gasteiger partial charge in [-0.25, -0.2) is 9.97 Å². The van der Waals surface area contributed by atoms with Crippen LogP contribution in [0.15, 0.2) is 35.0 Å². The fourth-order valence-electron chi connectivity index (χ4n) is 4.02. The van der Waals surface area contributed by atoms with Crippen LogP contribution in [0.2, 0.25) is 0 Å². The second-order valence-electron chi connectivity index (χ2n) is 7.97. The minimum atomic E-state index is -0.0277. The van der Waals surface area contributed by atoms with Gasteiger partial charge in [-0.05, 0) is 45.6 Å². The summed E-state index contributed by atoms with van der Waals surface area (Å²) in [4.78, 5) is 23.8. The van der Waals surface area contributed by atoms with E-state index in [9.17, 15) is 4.79 Å². The third-order valence-corrected chi connectivity index (χ3v) is 5.87. The van der Waals surface area contributed by atoms with Crippen molar-refractivity contribution in [2.24, 2.45) is 5.92 Å². The SMILES string of the molecule is Cc1ccc(CCNC(=O)[C@@H]2CCCN(c3ncnc4oc(C)c(C)c34)C2)cc1. The lowest BCUT2D eigenvalue weighted by Crippen LogP contribution is -2.43. The first-order chi connectivity index (χ1) is 14.0. The van der Waals surface area contributed by atoms with E-state index in [1.165, 1.54) is 11.1 Å². The number of carbonyl (C=O) groups excluding carboxylic acids is 1. The van der Waals surface area contributed by atoms with Crippen molar-refractivity contribution < 1.29 is 9.21 Å². The predicted molar refractivity (Wildman–Crippen MR) is 114 cm³/mol. The van der Waals surface area contributed by atoms with Gasteiger partial charge in [0.2, 0.25) is 11.6 Å². The molecule has 6 nitrogen and oxygen atoms in total. The molecule has 29 heavy (non-hydrogen) atoms. The average molecular weight is 393 g/mol. The molecule has 3 aromatic rings. The molecular formula is C23H28N4O2. The summed E-state index contributed by atoms with van der Waals surface area (Å²) in [6.45, 7) is 8.29. The molecule has 0 spiro atoms. The number of anilines is 1. The number of piperidine rings is 1. The van der Waals surface area contributed by atoms with E-state index in [0.29, 0.717) is 18.8 Å².